The van der Waals surface area contributed by atoms with Gasteiger partial charge in [0.2, 0.25) is 0 Å². The molecule has 2 aliphatic rings. The molecule has 172 valence electrons. The van der Waals surface area contributed by atoms with Gasteiger partial charge in [0.05, 0.1) is 11.1 Å². The Morgan fingerprint density at radius 1 is 1.39 bits per heavy atom. The number of amides is 2. The zero-order valence-corrected chi connectivity index (χ0v) is 19.5. The summed E-state index contributed by atoms with van der Waals surface area (Å²) < 4.78 is 0.0437. The molecule has 1 fully saturated rings. The van der Waals surface area contributed by atoms with Crippen LogP contribution in [0.4, 0.5) is 5.13 Å². The first-order valence-corrected chi connectivity index (χ1v) is 11.6. The van der Waals surface area contributed by atoms with Gasteiger partial charge >= 0.3 is 5.97 Å². The van der Waals surface area contributed by atoms with Crippen LogP contribution in [0.15, 0.2) is 39.1 Å². The molecule has 2 atom stereocenters. The number of thiazole rings is 1. The second kappa shape index (κ2) is 9.17. The van der Waals surface area contributed by atoms with Crippen LogP contribution in [0.2, 0.25) is 9.36 Å². The van der Waals surface area contributed by atoms with Crippen LogP contribution in [0.5, 0.6) is 0 Å². The third-order valence-electron chi connectivity index (χ3n) is 4.99. The summed E-state index contributed by atoms with van der Waals surface area (Å²) in [6.45, 7) is 0. The maximum Gasteiger partial charge on any atom is 0.353 e. The van der Waals surface area contributed by atoms with Crippen LogP contribution in [0, 0.1) is 0 Å². The highest BCUT2D eigenvalue weighted by Crippen LogP contribution is 2.44. The van der Waals surface area contributed by atoms with Gasteiger partial charge in [-0.25, -0.2) is 9.78 Å². The fraction of sp³-hybridized carbons (Fsp3) is 0.222. The van der Waals surface area contributed by atoms with Gasteiger partial charge in [0.15, 0.2) is 10.8 Å². The average molecular weight is 529 g/mol. The van der Waals surface area contributed by atoms with Crippen molar-refractivity contribution in [2.75, 3.05) is 5.73 Å². The van der Waals surface area contributed by atoms with Crippen molar-refractivity contribution in [2.45, 2.75) is 29.8 Å². The third kappa shape index (κ3) is 4.24. The van der Waals surface area contributed by atoms with E-state index in [2.05, 4.69) is 20.4 Å². The number of oxime groups is 1. The van der Waals surface area contributed by atoms with Crippen LogP contribution < -0.4 is 11.1 Å². The lowest BCUT2D eigenvalue weighted by Crippen LogP contribution is -2.72. The number of nitrogens with zero attached hydrogens (tertiary/aromatic N) is 4. The van der Waals surface area contributed by atoms with E-state index in [1.165, 1.54) is 12.4 Å². The minimum absolute atomic E-state index is 0.0437. The van der Waals surface area contributed by atoms with E-state index in [0.717, 1.165) is 28.0 Å². The highest BCUT2D eigenvalue weighted by molar-refractivity contribution is 8.03. The van der Waals surface area contributed by atoms with E-state index in [1.807, 2.05) is 0 Å². The number of β-lactam (4-membered cyclic amide) rings is 1. The number of carbonyl (C=O) groups is 3. The molecule has 2 aromatic heterocycles. The molecule has 0 aromatic carbocycles. The molecule has 33 heavy (non-hydrogen) atoms. The number of carboxylic acids is 1. The van der Waals surface area contributed by atoms with Crippen molar-refractivity contribution in [3.05, 3.63) is 44.1 Å². The predicted molar refractivity (Wildman–Crippen MR) is 121 cm³/mol. The Balaban J connectivity index is 1.55. The second-order valence-electron chi connectivity index (χ2n) is 6.87. The molecule has 2 aliphatic heterocycles. The molecular weight excluding hydrogens is 515 g/mol. The van der Waals surface area contributed by atoms with Crippen LogP contribution in [0.1, 0.15) is 18.5 Å². The van der Waals surface area contributed by atoms with Crippen molar-refractivity contribution >= 4 is 74.9 Å². The topological polar surface area (TPSA) is 171 Å². The number of rotatable bonds is 6. The normalized spacial score (nSPS) is 20.4. The second-order valence-corrected chi connectivity index (χ2v) is 10.1. The van der Waals surface area contributed by atoms with Gasteiger partial charge in [0, 0.05) is 22.2 Å². The van der Waals surface area contributed by atoms with E-state index in [1.54, 1.807) is 6.07 Å². The quantitative estimate of drug-likeness (QED) is 0.189. The number of nitrogens with two attached hydrogens (primary N) is 1. The molecule has 4 rings (SSSR count). The maximum atomic E-state index is 12.8. The molecule has 0 unspecified atom stereocenters. The summed E-state index contributed by atoms with van der Waals surface area (Å²) in [6, 6.07) is 0.0636. The van der Waals surface area contributed by atoms with Crippen LogP contribution in [-0.2, 0) is 14.4 Å². The number of nitrogen functional groups attached to an aromatic ring is 1. The van der Waals surface area contributed by atoms with Crippen molar-refractivity contribution in [1.29, 1.82) is 0 Å². The zero-order chi connectivity index (χ0) is 23.9. The number of nitrogens with one attached hydrogen (secondary N) is 1. The van der Waals surface area contributed by atoms with Crippen molar-refractivity contribution in [3.8, 4) is 0 Å². The zero-order valence-electron chi connectivity index (χ0n) is 16.4. The number of aromatic nitrogens is 2. The van der Waals surface area contributed by atoms with E-state index in [0.29, 0.717) is 27.7 Å². The van der Waals surface area contributed by atoms with Crippen molar-refractivity contribution in [3.63, 3.8) is 0 Å². The maximum absolute atomic E-state index is 12.8. The van der Waals surface area contributed by atoms with Crippen LogP contribution in [0.3, 0.4) is 0 Å². The van der Waals surface area contributed by atoms with Gasteiger partial charge in [-0.15, -0.1) is 0 Å². The number of anilines is 1. The highest BCUT2D eigenvalue weighted by Gasteiger charge is 2.54. The number of aliphatic carboxylic acids is 1. The monoisotopic (exact) mass is 528 g/mol. The smallest absolute Gasteiger partial charge is 0.353 e. The van der Waals surface area contributed by atoms with E-state index in [4.69, 9.17) is 28.9 Å². The van der Waals surface area contributed by atoms with Crippen molar-refractivity contribution in [2.24, 2.45) is 5.16 Å². The predicted octanol–water partition coefficient (Wildman–Crippen LogP) is 2.18. The molecule has 2 aromatic rings. The van der Waals surface area contributed by atoms with Crippen molar-refractivity contribution < 1.29 is 24.7 Å². The average Bonchev–Trinajstić information content (AvgIpc) is 3.11. The van der Waals surface area contributed by atoms with Gasteiger partial charge in [0.1, 0.15) is 21.8 Å². The summed E-state index contributed by atoms with van der Waals surface area (Å²) in [7, 11) is 0. The molecule has 1 saturated heterocycles. The Morgan fingerprint density at radius 3 is 2.76 bits per heavy atom. The van der Waals surface area contributed by atoms with Gasteiger partial charge < -0.3 is 21.4 Å². The first kappa shape index (κ1) is 23.3. The molecule has 2 amide bonds. The van der Waals surface area contributed by atoms with E-state index >= 15 is 0 Å². The lowest BCUT2D eigenvalue weighted by molar-refractivity contribution is -0.155. The molecule has 5 N–H and O–H groups in total. The van der Waals surface area contributed by atoms with E-state index < -0.39 is 35.6 Å². The van der Waals surface area contributed by atoms with E-state index in [-0.39, 0.29) is 20.9 Å². The Kier molecular flexibility index (Phi) is 6.47. The Labute approximate surface area is 204 Å². The lowest BCUT2D eigenvalue weighted by atomic mass is 9.86. The number of halogens is 2. The molecule has 11 nitrogen and oxygen atoms in total. The first-order valence-electron chi connectivity index (χ1n) is 9.24. The summed E-state index contributed by atoms with van der Waals surface area (Å²) in [5.41, 5.74) is 4.77. The largest absolute Gasteiger partial charge is 0.477 e. The van der Waals surface area contributed by atoms with Gasteiger partial charge in [-0.05, 0) is 18.9 Å². The summed E-state index contributed by atoms with van der Waals surface area (Å²) in [4.78, 5) is 47.5. The summed E-state index contributed by atoms with van der Waals surface area (Å²) in [5.74, 6) is -2.77. The summed E-state index contributed by atoms with van der Waals surface area (Å²) in [5, 5.41) is 24.9. The first-order chi connectivity index (χ1) is 15.7. The SMILES string of the molecule is Nc1nc(/C(=N/O)C(=O)N[C@@H]2C(=O)N3C(C(=O)O)=C(Sc4ccncc4Cl)CC[C@H]23)c(Cl)s1. The minimum Gasteiger partial charge on any atom is -0.477 e. The lowest BCUT2D eigenvalue weighted by Gasteiger charge is -2.50. The summed E-state index contributed by atoms with van der Waals surface area (Å²) in [6.07, 6.45) is 3.72. The molecule has 0 spiro atoms. The van der Waals surface area contributed by atoms with Crippen LogP contribution >= 0.6 is 46.3 Å². The number of carboxylic acid groups (broad SMARTS) is 1. The Bertz CT molecular complexity index is 1230. The number of hydrogen-bond donors (Lipinski definition) is 4. The molecule has 4 heterocycles. The fourth-order valence-electron chi connectivity index (χ4n) is 3.58. The van der Waals surface area contributed by atoms with E-state index in [9.17, 15) is 24.7 Å². The number of thioether (sulfide) groups is 1. The Morgan fingerprint density at radius 2 is 2.15 bits per heavy atom. The molecule has 15 heteroatoms. The van der Waals surface area contributed by atoms with Gasteiger partial charge in [-0.2, -0.15) is 0 Å². The van der Waals surface area contributed by atoms with Gasteiger partial charge in [-0.1, -0.05) is 51.5 Å². The van der Waals surface area contributed by atoms with Crippen LogP contribution in [0.25, 0.3) is 0 Å². The summed E-state index contributed by atoms with van der Waals surface area (Å²) >= 11 is 14.2. The number of allylic oxidation sites excluding steroid dienone is 1. The number of carbonyl (C=O) groups excluding carboxylic acids is 2. The Hall–Kier alpha value is -2.87. The molecule has 0 aliphatic carbocycles. The minimum atomic E-state index is -1.27. The molecule has 0 bridgehead atoms. The number of fused-ring (bicyclic) bond motifs is 1. The standard InChI is InChI=1S/C18H14Cl2N6O5S2/c19-6-5-22-4-3-8(6)32-9-2-1-7-10(16(28)26(7)13(9)17(29)30)23-15(27)12(25-31)11-14(20)33-18(21)24-11/h3-5,7,10,31H,1-2H2,(H2,21,24)(H,23,27)(H,29,30)/b25-12-/t7-,10+/m1/s1. The van der Waals surface area contributed by atoms with Gasteiger partial charge in [-0.3, -0.25) is 19.5 Å². The fourth-order valence-corrected chi connectivity index (χ4v) is 5.79. The number of hydrogen-bond acceptors (Lipinski definition) is 10. The van der Waals surface area contributed by atoms with Crippen molar-refractivity contribution in [1.82, 2.24) is 20.2 Å². The molecule has 0 saturated carbocycles. The highest BCUT2D eigenvalue weighted by atomic mass is 35.5. The third-order valence-corrected chi connectivity index (χ3v) is 7.71. The molecular formula is C18H14Cl2N6O5S2. The van der Waals surface area contributed by atoms with Crippen LogP contribution in [-0.4, -0.2) is 60.8 Å². The molecule has 0 radical (unpaired) electrons. The van der Waals surface area contributed by atoms with Gasteiger partial charge in [0.25, 0.3) is 11.8 Å². The number of pyridine rings is 1.